The molecular weight excluding hydrogens is 281 g/mol. The highest BCUT2D eigenvalue weighted by Gasteiger charge is 2.08. The van der Waals surface area contributed by atoms with Crippen LogP contribution in [0.2, 0.25) is 10.0 Å². The van der Waals surface area contributed by atoms with Gasteiger partial charge in [0.2, 0.25) is 5.95 Å². The van der Waals surface area contributed by atoms with Crippen LogP contribution in [0.1, 0.15) is 25.5 Å². The van der Waals surface area contributed by atoms with Crippen LogP contribution in [0.5, 0.6) is 0 Å². The van der Waals surface area contributed by atoms with Gasteiger partial charge in [0.1, 0.15) is 0 Å². The van der Waals surface area contributed by atoms with Crippen LogP contribution in [0.4, 0.5) is 5.95 Å². The molecule has 19 heavy (non-hydrogen) atoms. The third-order valence-corrected chi connectivity index (χ3v) is 3.20. The van der Waals surface area contributed by atoms with E-state index in [-0.39, 0.29) is 0 Å². The van der Waals surface area contributed by atoms with Crippen LogP contribution < -0.4 is 5.32 Å². The Morgan fingerprint density at radius 1 is 1.21 bits per heavy atom. The lowest BCUT2D eigenvalue weighted by atomic mass is 10.3. The number of anilines is 1. The van der Waals surface area contributed by atoms with Crippen molar-refractivity contribution in [1.29, 1.82) is 0 Å². The number of halogens is 2. The molecule has 2 rings (SSSR count). The summed E-state index contributed by atoms with van der Waals surface area (Å²) in [7, 11) is 0. The third kappa shape index (κ3) is 3.64. The van der Waals surface area contributed by atoms with E-state index in [0.717, 1.165) is 36.7 Å². The quantitative estimate of drug-likeness (QED) is 0.811. The number of hydrogen-bond donors (Lipinski definition) is 1. The number of unbranched alkanes of at least 4 members (excludes halogenated alkanes) is 1. The van der Waals surface area contributed by atoms with E-state index in [4.69, 9.17) is 23.2 Å². The van der Waals surface area contributed by atoms with Crippen LogP contribution in [0.3, 0.4) is 0 Å². The predicted octanol–water partition coefficient (Wildman–Crippen LogP) is 4.70. The Morgan fingerprint density at radius 3 is 2.53 bits per heavy atom. The molecular formula is C14H17Cl2N3. The van der Waals surface area contributed by atoms with Crippen molar-refractivity contribution in [2.75, 3.05) is 11.9 Å². The molecule has 1 aromatic heterocycles. The second-order valence-corrected chi connectivity index (χ2v) is 5.36. The van der Waals surface area contributed by atoms with Gasteiger partial charge in [0, 0.05) is 22.8 Å². The van der Waals surface area contributed by atoms with E-state index >= 15 is 0 Å². The first-order valence-corrected chi connectivity index (χ1v) is 7.12. The average Bonchev–Trinajstić information content (AvgIpc) is 2.70. The van der Waals surface area contributed by atoms with Crippen LogP contribution in [0, 0.1) is 6.92 Å². The molecule has 0 aliphatic carbocycles. The van der Waals surface area contributed by atoms with Crippen LogP contribution >= 0.6 is 23.2 Å². The van der Waals surface area contributed by atoms with E-state index in [1.54, 1.807) is 6.07 Å². The molecule has 1 N–H and O–H groups in total. The van der Waals surface area contributed by atoms with Crippen molar-refractivity contribution in [2.24, 2.45) is 0 Å². The first-order chi connectivity index (χ1) is 9.10. The van der Waals surface area contributed by atoms with Gasteiger partial charge >= 0.3 is 0 Å². The van der Waals surface area contributed by atoms with Gasteiger partial charge in [0.15, 0.2) is 0 Å². The summed E-state index contributed by atoms with van der Waals surface area (Å²) in [5.74, 6) is 0.823. The molecule has 102 valence electrons. The lowest BCUT2D eigenvalue weighted by Gasteiger charge is -2.10. The predicted molar refractivity (Wildman–Crippen MR) is 81.7 cm³/mol. The maximum Gasteiger partial charge on any atom is 0.207 e. The number of benzene rings is 1. The number of rotatable bonds is 5. The fourth-order valence-electron chi connectivity index (χ4n) is 1.87. The molecule has 0 aliphatic heterocycles. The molecule has 1 aromatic carbocycles. The number of imidazole rings is 1. The zero-order chi connectivity index (χ0) is 13.8. The van der Waals surface area contributed by atoms with Crippen LogP contribution in [-0.4, -0.2) is 16.1 Å². The van der Waals surface area contributed by atoms with Crippen LogP contribution in [0.25, 0.3) is 5.69 Å². The van der Waals surface area contributed by atoms with Gasteiger partial charge in [-0.25, -0.2) is 4.98 Å². The van der Waals surface area contributed by atoms with E-state index in [1.807, 2.05) is 29.8 Å². The van der Waals surface area contributed by atoms with Crippen molar-refractivity contribution in [1.82, 2.24) is 9.55 Å². The molecule has 0 bridgehead atoms. The summed E-state index contributed by atoms with van der Waals surface area (Å²) in [6.07, 6.45) is 4.23. The smallest absolute Gasteiger partial charge is 0.207 e. The molecule has 0 atom stereocenters. The summed E-state index contributed by atoms with van der Waals surface area (Å²) >= 11 is 12.1. The van der Waals surface area contributed by atoms with Crippen molar-refractivity contribution in [2.45, 2.75) is 26.7 Å². The highest BCUT2D eigenvalue weighted by atomic mass is 35.5. The Labute approximate surface area is 123 Å². The maximum absolute atomic E-state index is 6.05. The largest absolute Gasteiger partial charge is 0.355 e. The molecule has 0 aliphatic rings. The molecule has 2 aromatic rings. The second kappa shape index (κ2) is 6.31. The first-order valence-electron chi connectivity index (χ1n) is 6.36. The number of nitrogens with zero attached hydrogens (tertiary/aromatic N) is 2. The summed E-state index contributed by atoms with van der Waals surface area (Å²) < 4.78 is 1.97. The minimum atomic E-state index is 0.619. The number of aromatic nitrogens is 2. The molecule has 0 saturated carbocycles. The van der Waals surface area contributed by atoms with Gasteiger partial charge < -0.3 is 5.32 Å². The fourth-order valence-corrected chi connectivity index (χ4v) is 2.39. The highest BCUT2D eigenvalue weighted by Crippen LogP contribution is 2.24. The summed E-state index contributed by atoms with van der Waals surface area (Å²) in [5.41, 5.74) is 1.87. The van der Waals surface area contributed by atoms with Gasteiger partial charge in [-0.05, 0) is 31.5 Å². The zero-order valence-electron chi connectivity index (χ0n) is 11.1. The molecule has 0 unspecified atom stereocenters. The Morgan fingerprint density at radius 2 is 1.89 bits per heavy atom. The van der Waals surface area contributed by atoms with E-state index in [9.17, 15) is 0 Å². The normalized spacial score (nSPS) is 10.7. The summed E-state index contributed by atoms with van der Waals surface area (Å²) in [4.78, 5) is 4.48. The molecule has 0 radical (unpaired) electrons. The minimum Gasteiger partial charge on any atom is -0.355 e. The van der Waals surface area contributed by atoms with Crippen molar-refractivity contribution in [3.63, 3.8) is 0 Å². The molecule has 0 amide bonds. The first kappa shape index (κ1) is 14.2. The van der Waals surface area contributed by atoms with Crippen LogP contribution in [0.15, 0.2) is 24.4 Å². The lowest BCUT2D eigenvalue weighted by Crippen LogP contribution is -2.07. The molecule has 0 saturated heterocycles. The number of hydrogen-bond acceptors (Lipinski definition) is 2. The molecule has 5 heteroatoms. The minimum absolute atomic E-state index is 0.619. The Balaban J connectivity index is 2.32. The zero-order valence-corrected chi connectivity index (χ0v) is 12.6. The Bertz CT molecular complexity index is 544. The Hall–Kier alpha value is -1.19. The molecule has 0 spiro atoms. The van der Waals surface area contributed by atoms with E-state index in [1.165, 1.54) is 0 Å². The maximum atomic E-state index is 6.05. The standard InChI is InChI=1S/C14H17Cl2N3/c1-3-4-5-17-14-18-10(2)9-19(14)13-7-11(15)6-12(16)8-13/h6-9H,3-5H2,1-2H3,(H,17,18). The van der Waals surface area contributed by atoms with Gasteiger partial charge in [0.25, 0.3) is 0 Å². The van der Waals surface area contributed by atoms with E-state index < -0.39 is 0 Å². The SMILES string of the molecule is CCCCNc1nc(C)cn1-c1cc(Cl)cc(Cl)c1. The topological polar surface area (TPSA) is 29.9 Å². The van der Waals surface area contributed by atoms with Crippen LogP contribution in [-0.2, 0) is 0 Å². The van der Waals surface area contributed by atoms with Crippen molar-refractivity contribution < 1.29 is 0 Å². The van der Waals surface area contributed by atoms with Crippen molar-refractivity contribution in [3.05, 3.63) is 40.1 Å². The monoisotopic (exact) mass is 297 g/mol. The summed E-state index contributed by atoms with van der Waals surface area (Å²) in [5, 5.41) is 4.58. The molecule has 0 fully saturated rings. The van der Waals surface area contributed by atoms with E-state index in [2.05, 4.69) is 17.2 Å². The Kier molecular flexibility index (Phi) is 4.72. The van der Waals surface area contributed by atoms with Gasteiger partial charge in [-0.1, -0.05) is 36.5 Å². The fraction of sp³-hybridized carbons (Fsp3) is 0.357. The summed E-state index contributed by atoms with van der Waals surface area (Å²) in [6, 6.07) is 5.47. The van der Waals surface area contributed by atoms with Gasteiger partial charge in [-0.2, -0.15) is 0 Å². The average molecular weight is 298 g/mol. The number of aryl methyl sites for hydroxylation is 1. The van der Waals surface area contributed by atoms with Gasteiger partial charge in [0.05, 0.1) is 11.4 Å². The van der Waals surface area contributed by atoms with E-state index in [0.29, 0.717) is 10.0 Å². The molecule has 1 heterocycles. The van der Waals surface area contributed by atoms with Crippen molar-refractivity contribution >= 4 is 29.2 Å². The second-order valence-electron chi connectivity index (χ2n) is 4.48. The van der Waals surface area contributed by atoms with Crippen molar-refractivity contribution in [3.8, 4) is 5.69 Å². The van der Waals surface area contributed by atoms with Gasteiger partial charge in [-0.3, -0.25) is 4.57 Å². The van der Waals surface area contributed by atoms with Gasteiger partial charge in [-0.15, -0.1) is 0 Å². The highest BCUT2D eigenvalue weighted by molar-refractivity contribution is 6.34. The molecule has 3 nitrogen and oxygen atoms in total. The summed E-state index contributed by atoms with van der Waals surface area (Å²) in [6.45, 7) is 5.03. The lowest BCUT2D eigenvalue weighted by molar-refractivity contribution is 0.823. The third-order valence-electron chi connectivity index (χ3n) is 2.77. The number of nitrogens with one attached hydrogen (secondary N) is 1.